The lowest BCUT2D eigenvalue weighted by atomic mass is 9.45. The SMILES string of the molecule is C[C@]12CCCC=C1C(=C/F)/C(=C/F)[C@@H]1[C@@H]2CC[C@](C)(C(=O)O)[C@H]1CC=O. The van der Waals surface area contributed by atoms with Gasteiger partial charge in [-0.05, 0) is 73.3 Å². The summed E-state index contributed by atoms with van der Waals surface area (Å²) in [5, 5.41) is 9.83. The van der Waals surface area contributed by atoms with Crippen LogP contribution in [0.25, 0.3) is 0 Å². The van der Waals surface area contributed by atoms with E-state index < -0.39 is 23.2 Å². The van der Waals surface area contributed by atoms with Crippen LogP contribution >= 0.6 is 0 Å². The van der Waals surface area contributed by atoms with Crippen LogP contribution in [0, 0.1) is 28.6 Å². The molecule has 0 aromatic rings. The largest absolute Gasteiger partial charge is 0.481 e. The smallest absolute Gasteiger partial charge is 0.309 e. The molecule has 3 aliphatic rings. The van der Waals surface area contributed by atoms with E-state index in [0.717, 1.165) is 31.1 Å². The summed E-state index contributed by atoms with van der Waals surface area (Å²) >= 11 is 0. The summed E-state index contributed by atoms with van der Waals surface area (Å²) in [5.74, 6) is -1.98. The van der Waals surface area contributed by atoms with Gasteiger partial charge in [-0.25, -0.2) is 8.78 Å². The van der Waals surface area contributed by atoms with Gasteiger partial charge in [-0.3, -0.25) is 4.79 Å². The molecule has 0 aliphatic heterocycles. The standard InChI is InChI=1S/C21H26F2O3/c1-20-8-4-3-5-15(20)13(11-22)14(12-23)18-16(20)6-9-21(2,19(25)26)17(18)7-10-24/h5,10-12,16-18H,3-4,6-9H2,1-2H3,(H,25,26)/b13-11+,14-12-/t16-,17-,18+,20-,21-/m0/s1. The van der Waals surface area contributed by atoms with Crippen LogP contribution in [0.4, 0.5) is 8.78 Å². The second-order valence-electron chi connectivity index (χ2n) is 8.42. The maximum absolute atomic E-state index is 14.0. The Morgan fingerprint density at radius 1 is 1.31 bits per heavy atom. The second kappa shape index (κ2) is 6.75. The molecule has 0 aromatic carbocycles. The minimum Gasteiger partial charge on any atom is -0.481 e. The number of carboxylic acids is 1. The van der Waals surface area contributed by atoms with E-state index in [1.54, 1.807) is 6.92 Å². The molecule has 1 N–H and O–H groups in total. The van der Waals surface area contributed by atoms with Gasteiger partial charge in [0.05, 0.1) is 18.1 Å². The maximum Gasteiger partial charge on any atom is 0.309 e. The van der Waals surface area contributed by atoms with Gasteiger partial charge in [0.25, 0.3) is 0 Å². The third-order valence-electron chi connectivity index (χ3n) is 7.37. The Bertz CT molecular complexity index is 708. The van der Waals surface area contributed by atoms with Crippen LogP contribution in [0.3, 0.4) is 0 Å². The predicted molar refractivity (Wildman–Crippen MR) is 94.6 cm³/mol. The first-order valence-electron chi connectivity index (χ1n) is 9.34. The zero-order valence-corrected chi connectivity index (χ0v) is 15.3. The number of carbonyl (C=O) groups excluding carboxylic acids is 1. The highest BCUT2D eigenvalue weighted by Crippen LogP contribution is 2.65. The van der Waals surface area contributed by atoms with Crippen LogP contribution in [0.15, 0.2) is 35.5 Å². The van der Waals surface area contributed by atoms with Crippen molar-refractivity contribution in [2.75, 3.05) is 0 Å². The number of hydrogen-bond donors (Lipinski definition) is 1. The molecule has 0 unspecified atom stereocenters. The number of hydrogen-bond acceptors (Lipinski definition) is 2. The van der Waals surface area contributed by atoms with Crippen molar-refractivity contribution in [2.45, 2.75) is 52.4 Å². The van der Waals surface area contributed by atoms with E-state index in [2.05, 4.69) is 6.92 Å². The average Bonchev–Trinajstić information content (AvgIpc) is 2.62. The topological polar surface area (TPSA) is 54.4 Å². The molecule has 0 radical (unpaired) electrons. The first-order valence-corrected chi connectivity index (χ1v) is 9.34. The highest BCUT2D eigenvalue weighted by Gasteiger charge is 2.59. The van der Waals surface area contributed by atoms with Crippen LogP contribution in [0.2, 0.25) is 0 Å². The Morgan fingerprint density at radius 3 is 2.62 bits per heavy atom. The number of fused-ring (bicyclic) bond motifs is 3. The molecule has 0 aromatic heterocycles. The van der Waals surface area contributed by atoms with E-state index in [1.807, 2.05) is 6.08 Å². The molecular weight excluding hydrogens is 338 g/mol. The van der Waals surface area contributed by atoms with Gasteiger partial charge in [0.2, 0.25) is 0 Å². The van der Waals surface area contributed by atoms with E-state index in [1.165, 1.54) is 0 Å². The summed E-state index contributed by atoms with van der Waals surface area (Å²) < 4.78 is 27.9. The molecule has 0 saturated heterocycles. The average molecular weight is 364 g/mol. The molecule has 3 nitrogen and oxygen atoms in total. The maximum atomic E-state index is 14.0. The van der Waals surface area contributed by atoms with E-state index in [-0.39, 0.29) is 28.9 Å². The van der Waals surface area contributed by atoms with Crippen molar-refractivity contribution < 1.29 is 23.5 Å². The Morgan fingerprint density at radius 2 is 2.04 bits per heavy atom. The summed E-state index contributed by atoms with van der Waals surface area (Å²) in [4.78, 5) is 23.4. The predicted octanol–water partition coefficient (Wildman–Crippen LogP) is 5.15. The molecule has 5 atom stereocenters. The molecule has 142 valence electrons. The van der Waals surface area contributed by atoms with Gasteiger partial charge in [0.1, 0.15) is 6.29 Å². The van der Waals surface area contributed by atoms with Crippen molar-refractivity contribution in [3.8, 4) is 0 Å². The van der Waals surface area contributed by atoms with Crippen LogP contribution < -0.4 is 0 Å². The van der Waals surface area contributed by atoms with Crippen molar-refractivity contribution in [3.05, 3.63) is 35.5 Å². The van der Waals surface area contributed by atoms with Crippen LogP contribution in [0.5, 0.6) is 0 Å². The summed E-state index contributed by atoms with van der Waals surface area (Å²) in [6, 6.07) is 0. The van der Waals surface area contributed by atoms with Gasteiger partial charge >= 0.3 is 5.97 Å². The number of allylic oxidation sites excluding steroid dienone is 4. The van der Waals surface area contributed by atoms with Crippen molar-refractivity contribution in [1.82, 2.24) is 0 Å². The summed E-state index contributed by atoms with van der Waals surface area (Å²) in [6.45, 7) is 3.73. The molecule has 0 spiro atoms. The third kappa shape index (κ3) is 2.50. The zero-order chi connectivity index (χ0) is 19.1. The van der Waals surface area contributed by atoms with E-state index in [9.17, 15) is 23.5 Å². The van der Waals surface area contributed by atoms with Gasteiger partial charge in [-0.2, -0.15) is 0 Å². The quantitative estimate of drug-likeness (QED) is 0.705. The van der Waals surface area contributed by atoms with Crippen molar-refractivity contribution in [1.29, 1.82) is 0 Å². The molecule has 5 heteroatoms. The van der Waals surface area contributed by atoms with Gasteiger partial charge in [0.15, 0.2) is 0 Å². The monoisotopic (exact) mass is 364 g/mol. The summed E-state index contributed by atoms with van der Waals surface area (Å²) in [6.07, 6.45) is 7.42. The molecule has 3 rings (SSSR count). The molecule has 0 bridgehead atoms. The molecule has 2 fully saturated rings. The fourth-order valence-corrected chi connectivity index (χ4v) is 5.90. The highest BCUT2D eigenvalue weighted by molar-refractivity contribution is 5.76. The van der Waals surface area contributed by atoms with Gasteiger partial charge in [-0.15, -0.1) is 0 Å². The zero-order valence-electron chi connectivity index (χ0n) is 15.3. The summed E-state index contributed by atoms with van der Waals surface area (Å²) in [7, 11) is 0. The van der Waals surface area contributed by atoms with Gasteiger partial charge in [-0.1, -0.05) is 13.0 Å². The molecule has 2 saturated carbocycles. The Labute approximate surface area is 152 Å². The second-order valence-corrected chi connectivity index (χ2v) is 8.42. The number of aldehydes is 1. The number of rotatable bonds is 3. The molecule has 0 amide bonds. The highest BCUT2D eigenvalue weighted by atomic mass is 19.1. The van der Waals surface area contributed by atoms with Gasteiger partial charge in [0, 0.05) is 12.0 Å². The Hall–Kier alpha value is -1.78. The van der Waals surface area contributed by atoms with Crippen LogP contribution in [0.1, 0.15) is 52.4 Å². The molecular formula is C21H26F2O3. The van der Waals surface area contributed by atoms with E-state index >= 15 is 0 Å². The Kier molecular flexibility index (Phi) is 4.93. The first-order chi connectivity index (χ1) is 12.3. The van der Waals surface area contributed by atoms with E-state index in [0.29, 0.717) is 25.5 Å². The van der Waals surface area contributed by atoms with Crippen molar-refractivity contribution in [2.24, 2.45) is 28.6 Å². The lowest BCUT2D eigenvalue weighted by molar-refractivity contribution is -0.159. The normalized spacial score (nSPS) is 42.8. The third-order valence-corrected chi connectivity index (χ3v) is 7.37. The first kappa shape index (κ1) is 19.0. The van der Waals surface area contributed by atoms with Crippen LogP contribution in [-0.2, 0) is 9.59 Å². The minimum atomic E-state index is -1.12. The van der Waals surface area contributed by atoms with Crippen molar-refractivity contribution >= 4 is 12.3 Å². The lowest BCUT2D eigenvalue weighted by Gasteiger charge is -2.58. The number of carboxylic acid groups (broad SMARTS) is 1. The number of aliphatic carboxylic acids is 1. The fourth-order valence-electron chi connectivity index (χ4n) is 5.90. The van der Waals surface area contributed by atoms with Crippen LogP contribution in [-0.4, -0.2) is 17.4 Å². The molecule has 0 heterocycles. The van der Waals surface area contributed by atoms with E-state index in [4.69, 9.17) is 0 Å². The number of carbonyl (C=O) groups is 2. The number of halogens is 2. The van der Waals surface area contributed by atoms with Crippen molar-refractivity contribution in [3.63, 3.8) is 0 Å². The minimum absolute atomic E-state index is 0.0112. The lowest BCUT2D eigenvalue weighted by Crippen LogP contribution is -2.54. The van der Waals surface area contributed by atoms with Gasteiger partial charge < -0.3 is 9.90 Å². The molecule has 3 aliphatic carbocycles. The Balaban J connectivity index is 2.20. The fraction of sp³-hybridized carbons (Fsp3) is 0.619. The summed E-state index contributed by atoms with van der Waals surface area (Å²) in [5.41, 5.74) is -0.109. The molecule has 26 heavy (non-hydrogen) atoms.